The van der Waals surface area contributed by atoms with Gasteiger partial charge in [0.25, 0.3) is 5.89 Å². The van der Waals surface area contributed by atoms with Gasteiger partial charge in [0.2, 0.25) is 5.82 Å². The first-order chi connectivity index (χ1) is 9.85. The largest absolute Gasteiger partial charge is 0.484 e. The van der Waals surface area contributed by atoms with Crippen molar-refractivity contribution in [1.82, 2.24) is 10.1 Å². The van der Waals surface area contributed by atoms with Crippen molar-refractivity contribution in [3.8, 4) is 23.2 Å². The van der Waals surface area contributed by atoms with E-state index in [1.807, 2.05) is 16.8 Å². The molecule has 0 fully saturated rings. The van der Waals surface area contributed by atoms with Gasteiger partial charge in [-0.15, -0.1) is 0 Å². The Kier molecular flexibility index (Phi) is 3.44. The fraction of sp³-hybridized carbons (Fsp3) is 0.0714. The summed E-state index contributed by atoms with van der Waals surface area (Å²) >= 11 is 1.58. The quantitative estimate of drug-likeness (QED) is 0.735. The van der Waals surface area contributed by atoms with Crippen LogP contribution in [0.3, 0.4) is 0 Å². The monoisotopic (exact) mass is 283 g/mol. The van der Waals surface area contributed by atoms with E-state index in [0.717, 1.165) is 5.56 Å². The highest BCUT2D eigenvalue weighted by atomic mass is 32.1. The Hall–Kier alpha value is -2.65. The lowest BCUT2D eigenvalue weighted by Crippen LogP contribution is -1.95. The molecule has 6 heteroatoms. The number of thiophene rings is 1. The second kappa shape index (κ2) is 5.55. The van der Waals surface area contributed by atoms with Gasteiger partial charge in [-0.1, -0.05) is 5.16 Å². The summed E-state index contributed by atoms with van der Waals surface area (Å²) in [5, 5.41) is 16.5. The lowest BCUT2D eigenvalue weighted by molar-refractivity contribution is 0.243. The van der Waals surface area contributed by atoms with Crippen molar-refractivity contribution in [2.75, 3.05) is 0 Å². The fourth-order valence-corrected chi connectivity index (χ4v) is 2.23. The Morgan fingerprint density at radius 1 is 1.25 bits per heavy atom. The molecule has 1 aromatic carbocycles. The Balaban J connectivity index is 1.65. The first kappa shape index (κ1) is 12.4. The van der Waals surface area contributed by atoms with E-state index in [1.165, 1.54) is 0 Å². The predicted molar refractivity (Wildman–Crippen MR) is 73.1 cm³/mol. The molecule has 0 spiro atoms. The van der Waals surface area contributed by atoms with Crippen molar-refractivity contribution < 1.29 is 9.26 Å². The molecule has 0 aliphatic rings. The van der Waals surface area contributed by atoms with Gasteiger partial charge in [0.1, 0.15) is 5.75 Å². The number of nitriles is 1. The number of rotatable bonds is 4. The molecule has 2 heterocycles. The summed E-state index contributed by atoms with van der Waals surface area (Å²) in [6, 6.07) is 10.8. The third-order valence-corrected chi connectivity index (χ3v) is 3.28. The van der Waals surface area contributed by atoms with Crippen molar-refractivity contribution in [3.05, 3.63) is 52.5 Å². The van der Waals surface area contributed by atoms with Crippen LogP contribution in [0.1, 0.15) is 11.5 Å². The summed E-state index contributed by atoms with van der Waals surface area (Å²) in [4.78, 5) is 4.25. The lowest BCUT2D eigenvalue weighted by Gasteiger charge is -2.01. The molecule has 0 saturated heterocycles. The molecular weight excluding hydrogens is 274 g/mol. The van der Waals surface area contributed by atoms with Crippen LogP contribution in [0.2, 0.25) is 0 Å². The SMILES string of the molecule is N#Cc1ccc(OCc2nc(-c3ccsc3)no2)cc1. The Labute approximate surface area is 119 Å². The molecule has 20 heavy (non-hydrogen) atoms. The Bertz CT molecular complexity index is 727. The number of aromatic nitrogens is 2. The minimum atomic E-state index is 0.197. The van der Waals surface area contributed by atoms with Crippen LogP contribution in [-0.4, -0.2) is 10.1 Å². The average molecular weight is 283 g/mol. The second-order valence-electron chi connectivity index (χ2n) is 3.95. The van der Waals surface area contributed by atoms with E-state index >= 15 is 0 Å². The van der Waals surface area contributed by atoms with Crippen LogP contribution in [0.15, 0.2) is 45.6 Å². The van der Waals surface area contributed by atoms with E-state index in [0.29, 0.717) is 23.0 Å². The minimum Gasteiger partial charge on any atom is -0.484 e. The molecule has 0 N–H and O–H groups in total. The zero-order chi connectivity index (χ0) is 13.8. The third kappa shape index (κ3) is 2.68. The van der Waals surface area contributed by atoms with Crippen molar-refractivity contribution in [1.29, 1.82) is 5.26 Å². The van der Waals surface area contributed by atoms with Gasteiger partial charge in [0, 0.05) is 10.9 Å². The molecule has 0 amide bonds. The molecule has 98 valence electrons. The molecular formula is C14H9N3O2S. The molecule has 0 unspecified atom stereocenters. The molecule has 0 aliphatic heterocycles. The maximum absolute atomic E-state index is 8.71. The van der Waals surface area contributed by atoms with Crippen molar-refractivity contribution in [2.45, 2.75) is 6.61 Å². The summed E-state index contributed by atoms with van der Waals surface area (Å²) in [6.07, 6.45) is 0. The summed E-state index contributed by atoms with van der Waals surface area (Å²) < 4.78 is 10.6. The van der Waals surface area contributed by atoms with Gasteiger partial charge >= 0.3 is 0 Å². The van der Waals surface area contributed by atoms with Crippen LogP contribution in [0, 0.1) is 11.3 Å². The molecule has 3 rings (SSSR count). The molecule has 0 bridgehead atoms. The molecule has 2 aromatic heterocycles. The summed E-state index contributed by atoms with van der Waals surface area (Å²) in [5.41, 5.74) is 1.53. The zero-order valence-electron chi connectivity index (χ0n) is 10.3. The van der Waals surface area contributed by atoms with Gasteiger partial charge < -0.3 is 9.26 Å². The summed E-state index contributed by atoms with van der Waals surface area (Å²) in [6.45, 7) is 0.197. The maximum Gasteiger partial charge on any atom is 0.264 e. The smallest absolute Gasteiger partial charge is 0.264 e. The first-order valence-corrected chi connectivity index (χ1v) is 6.77. The lowest BCUT2D eigenvalue weighted by atomic mass is 10.2. The second-order valence-corrected chi connectivity index (χ2v) is 4.73. The number of ether oxygens (including phenoxy) is 1. The Morgan fingerprint density at radius 3 is 2.80 bits per heavy atom. The number of hydrogen-bond acceptors (Lipinski definition) is 6. The maximum atomic E-state index is 8.71. The highest BCUT2D eigenvalue weighted by Crippen LogP contribution is 2.19. The predicted octanol–water partition coefficient (Wildman–Crippen LogP) is 3.25. The molecule has 0 saturated carbocycles. The van der Waals surface area contributed by atoms with Crippen LogP contribution in [0.4, 0.5) is 0 Å². The van der Waals surface area contributed by atoms with Gasteiger partial charge in [0.05, 0.1) is 11.6 Å². The van der Waals surface area contributed by atoms with Crippen LogP contribution in [0.5, 0.6) is 5.75 Å². The molecule has 0 radical (unpaired) electrons. The van der Waals surface area contributed by atoms with Crippen molar-refractivity contribution in [3.63, 3.8) is 0 Å². The van der Waals surface area contributed by atoms with Crippen molar-refractivity contribution >= 4 is 11.3 Å². The van der Waals surface area contributed by atoms with E-state index in [1.54, 1.807) is 35.6 Å². The highest BCUT2D eigenvalue weighted by molar-refractivity contribution is 7.08. The third-order valence-electron chi connectivity index (χ3n) is 2.59. The van der Waals surface area contributed by atoms with Crippen LogP contribution >= 0.6 is 11.3 Å². The molecule has 0 aliphatic carbocycles. The highest BCUT2D eigenvalue weighted by Gasteiger charge is 2.09. The van der Waals surface area contributed by atoms with Crippen LogP contribution in [0.25, 0.3) is 11.4 Å². The number of nitrogens with zero attached hydrogens (tertiary/aromatic N) is 3. The van der Waals surface area contributed by atoms with E-state index in [4.69, 9.17) is 14.5 Å². The standard InChI is InChI=1S/C14H9N3O2S/c15-7-10-1-3-12(4-2-10)18-8-13-16-14(17-19-13)11-5-6-20-9-11/h1-6,9H,8H2. The van der Waals surface area contributed by atoms with Gasteiger partial charge in [-0.25, -0.2) is 0 Å². The Morgan fingerprint density at radius 2 is 2.10 bits per heavy atom. The van der Waals surface area contributed by atoms with Crippen LogP contribution < -0.4 is 4.74 Å². The molecule has 0 atom stereocenters. The molecule has 3 aromatic rings. The van der Waals surface area contributed by atoms with Gasteiger partial charge in [-0.2, -0.15) is 21.6 Å². The van der Waals surface area contributed by atoms with E-state index in [2.05, 4.69) is 16.2 Å². The zero-order valence-corrected chi connectivity index (χ0v) is 11.1. The van der Waals surface area contributed by atoms with Crippen molar-refractivity contribution in [2.24, 2.45) is 0 Å². The van der Waals surface area contributed by atoms with Gasteiger partial charge in [-0.3, -0.25) is 0 Å². The molecule has 5 nitrogen and oxygen atoms in total. The summed E-state index contributed by atoms with van der Waals surface area (Å²) in [7, 11) is 0. The van der Waals surface area contributed by atoms with Gasteiger partial charge in [-0.05, 0) is 35.7 Å². The average Bonchev–Trinajstić information content (AvgIpc) is 3.16. The van der Waals surface area contributed by atoms with E-state index in [9.17, 15) is 0 Å². The normalized spacial score (nSPS) is 10.2. The van der Waals surface area contributed by atoms with E-state index in [-0.39, 0.29) is 6.61 Å². The number of hydrogen-bond donors (Lipinski definition) is 0. The minimum absolute atomic E-state index is 0.197. The fourth-order valence-electron chi connectivity index (χ4n) is 1.59. The van der Waals surface area contributed by atoms with Gasteiger partial charge in [0.15, 0.2) is 6.61 Å². The van der Waals surface area contributed by atoms with E-state index < -0.39 is 0 Å². The van der Waals surface area contributed by atoms with Crippen LogP contribution in [-0.2, 0) is 6.61 Å². The number of benzene rings is 1. The first-order valence-electron chi connectivity index (χ1n) is 5.83. The summed E-state index contributed by atoms with van der Waals surface area (Å²) in [5.74, 6) is 1.62. The topological polar surface area (TPSA) is 71.9 Å².